The number of piperidine rings is 1. The Kier molecular flexibility index (Phi) is 3.17. The van der Waals surface area contributed by atoms with Crippen LogP contribution in [0, 0.1) is 5.41 Å². The molecule has 2 N–H and O–H groups in total. The maximum atomic E-state index is 6.19. The largest absolute Gasteiger partial charge is 0.339 e. The summed E-state index contributed by atoms with van der Waals surface area (Å²) < 4.78 is 1.78. The van der Waals surface area contributed by atoms with Gasteiger partial charge in [0.1, 0.15) is 0 Å². The van der Waals surface area contributed by atoms with Crippen LogP contribution in [0.2, 0.25) is 0 Å². The molecule has 3 rings (SSSR count). The second-order valence-electron chi connectivity index (χ2n) is 6.03. The van der Waals surface area contributed by atoms with Crippen LogP contribution in [0.3, 0.4) is 0 Å². The minimum absolute atomic E-state index is 0.0612. The molecule has 1 saturated heterocycles. The third-order valence-corrected chi connectivity index (χ3v) is 4.05. The van der Waals surface area contributed by atoms with Gasteiger partial charge in [-0.1, -0.05) is 37.1 Å². The number of anilines is 1. The lowest BCUT2D eigenvalue weighted by Gasteiger charge is -2.42. The fraction of sp³-hybridized carbons (Fsp3) is 0.500. The van der Waals surface area contributed by atoms with Crippen LogP contribution in [0.15, 0.2) is 30.3 Å². The van der Waals surface area contributed by atoms with E-state index in [-0.39, 0.29) is 11.5 Å². The van der Waals surface area contributed by atoms with Crippen molar-refractivity contribution in [1.29, 1.82) is 0 Å². The Bertz CT molecular complexity index is 576. The van der Waals surface area contributed by atoms with Crippen LogP contribution in [-0.2, 0) is 0 Å². The highest BCUT2D eigenvalue weighted by Gasteiger charge is 2.35. The van der Waals surface area contributed by atoms with Crippen molar-refractivity contribution in [2.45, 2.75) is 26.3 Å². The molecule has 1 aromatic heterocycles. The molecule has 2 aromatic rings. The van der Waals surface area contributed by atoms with Gasteiger partial charge < -0.3 is 10.6 Å². The van der Waals surface area contributed by atoms with E-state index in [0.29, 0.717) is 0 Å². The van der Waals surface area contributed by atoms with Gasteiger partial charge in [0.15, 0.2) is 0 Å². The zero-order valence-corrected chi connectivity index (χ0v) is 11.9. The molecule has 0 amide bonds. The molecule has 6 nitrogen and oxygen atoms in total. The number of para-hydroxylation sites is 1. The van der Waals surface area contributed by atoms with Gasteiger partial charge in [0.25, 0.3) is 0 Å². The maximum absolute atomic E-state index is 6.19. The number of hydrogen-bond acceptors (Lipinski definition) is 5. The van der Waals surface area contributed by atoms with E-state index in [0.717, 1.165) is 31.1 Å². The van der Waals surface area contributed by atoms with E-state index in [9.17, 15) is 0 Å². The van der Waals surface area contributed by atoms with Crippen LogP contribution < -0.4 is 10.6 Å². The maximum Gasteiger partial charge on any atom is 0.250 e. The number of nitrogens with zero attached hydrogens (tertiary/aromatic N) is 5. The topological polar surface area (TPSA) is 72.9 Å². The molecule has 1 aliphatic heterocycles. The Labute approximate surface area is 118 Å². The van der Waals surface area contributed by atoms with Crippen molar-refractivity contribution >= 4 is 5.95 Å². The molecule has 1 aromatic carbocycles. The van der Waals surface area contributed by atoms with E-state index in [4.69, 9.17) is 5.73 Å². The first-order valence-corrected chi connectivity index (χ1v) is 6.92. The molecule has 0 aliphatic carbocycles. The van der Waals surface area contributed by atoms with Crippen molar-refractivity contribution in [3.05, 3.63) is 30.3 Å². The molecule has 1 unspecified atom stereocenters. The lowest BCUT2D eigenvalue weighted by Crippen LogP contribution is -2.53. The standard InChI is InChI=1S/C14H20N6/c1-14(2)10-19(9-8-12(14)15)13-16-17-18-20(13)11-6-4-3-5-7-11/h3-7,12H,8-10,15H2,1-2H3. The van der Waals surface area contributed by atoms with Gasteiger partial charge in [0.05, 0.1) is 5.69 Å². The molecule has 0 saturated carbocycles. The molecule has 2 heterocycles. The van der Waals surface area contributed by atoms with E-state index >= 15 is 0 Å². The fourth-order valence-corrected chi connectivity index (χ4v) is 2.66. The van der Waals surface area contributed by atoms with Crippen molar-refractivity contribution in [2.24, 2.45) is 11.1 Å². The number of benzene rings is 1. The fourth-order valence-electron chi connectivity index (χ4n) is 2.66. The summed E-state index contributed by atoms with van der Waals surface area (Å²) in [6.07, 6.45) is 0.953. The lowest BCUT2D eigenvalue weighted by molar-refractivity contribution is 0.243. The molecule has 106 valence electrons. The first-order chi connectivity index (χ1) is 9.58. The van der Waals surface area contributed by atoms with Crippen molar-refractivity contribution in [1.82, 2.24) is 20.2 Å². The van der Waals surface area contributed by atoms with Crippen LogP contribution in [0.25, 0.3) is 5.69 Å². The highest BCUT2D eigenvalue weighted by atomic mass is 15.6. The Hall–Kier alpha value is -1.95. The van der Waals surface area contributed by atoms with E-state index < -0.39 is 0 Å². The summed E-state index contributed by atoms with van der Waals surface area (Å²) >= 11 is 0. The third-order valence-electron chi connectivity index (χ3n) is 4.05. The number of rotatable bonds is 2. The molecule has 1 aliphatic rings. The van der Waals surface area contributed by atoms with Crippen LogP contribution in [-0.4, -0.2) is 39.3 Å². The normalized spacial score (nSPS) is 21.9. The van der Waals surface area contributed by atoms with E-state index in [2.05, 4.69) is 34.3 Å². The summed E-state index contributed by atoms with van der Waals surface area (Å²) in [6, 6.07) is 10.2. The average Bonchev–Trinajstić information content (AvgIpc) is 2.92. The summed E-state index contributed by atoms with van der Waals surface area (Å²) in [7, 11) is 0. The molecular formula is C14H20N6. The summed E-state index contributed by atoms with van der Waals surface area (Å²) in [5.41, 5.74) is 7.23. The molecule has 0 bridgehead atoms. The SMILES string of the molecule is CC1(C)CN(c2nnnn2-c2ccccc2)CCC1N. The van der Waals surface area contributed by atoms with Crippen molar-refractivity contribution in [3.63, 3.8) is 0 Å². The molecule has 6 heteroatoms. The smallest absolute Gasteiger partial charge is 0.250 e. The quantitative estimate of drug-likeness (QED) is 0.890. The third kappa shape index (κ3) is 2.27. The van der Waals surface area contributed by atoms with E-state index in [1.54, 1.807) is 4.68 Å². The van der Waals surface area contributed by atoms with E-state index in [1.807, 2.05) is 30.3 Å². The lowest BCUT2D eigenvalue weighted by atomic mass is 9.80. The summed E-state index contributed by atoms with van der Waals surface area (Å²) in [4.78, 5) is 2.22. The van der Waals surface area contributed by atoms with Gasteiger partial charge >= 0.3 is 0 Å². The molecule has 0 radical (unpaired) electrons. The Morgan fingerprint density at radius 3 is 2.70 bits per heavy atom. The first-order valence-electron chi connectivity index (χ1n) is 6.92. The van der Waals surface area contributed by atoms with Gasteiger partial charge in [0.2, 0.25) is 5.95 Å². The number of aromatic nitrogens is 4. The summed E-state index contributed by atoms with van der Waals surface area (Å²) in [5.74, 6) is 0.788. The van der Waals surface area contributed by atoms with Gasteiger partial charge in [-0.2, -0.15) is 4.68 Å². The van der Waals surface area contributed by atoms with E-state index in [1.165, 1.54) is 0 Å². The average molecular weight is 272 g/mol. The van der Waals surface area contributed by atoms with Crippen molar-refractivity contribution in [2.75, 3.05) is 18.0 Å². The second kappa shape index (κ2) is 4.86. The summed E-state index contributed by atoms with van der Waals surface area (Å²) in [5, 5.41) is 12.1. The second-order valence-corrected chi connectivity index (χ2v) is 6.03. The van der Waals surface area contributed by atoms with Crippen LogP contribution in [0.1, 0.15) is 20.3 Å². The molecular weight excluding hydrogens is 252 g/mol. The highest BCUT2D eigenvalue weighted by molar-refractivity contribution is 5.41. The first kappa shape index (κ1) is 13.1. The van der Waals surface area contributed by atoms with Gasteiger partial charge in [0, 0.05) is 19.1 Å². The van der Waals surface area contributed by atoms with Gasteiger partial charge in [-0.15, -0.1) is 0 Å². The number of tetrazole rings is 1. The Balaban J connectivity index is 1.91. The Morgan fingerprint density at radius 2 is 2.00 bits per heavy atom. The zero-order valence-electron chi connectivity index (χ0n) is 11.9. The van der Waals surface area contributed by atoms with Crippen LogP contribution in [0.4, 0.5) is 5.95 Å². The molecule has 1 atom stereocenters. The van der Waals surface area contributed by atoms with Crippen molar-refractivity contribution < 1.29 is 0 Å². The van der Waals surface area contributed by atoms with Crippen LogP contribution >= 0.6 is 0 Å². The van der Waals surface area contributed by atoms with Gasteiger partial charge in [-0.3, -0.25) is 0 Å². The number of nitrogens with two attached hydrogens (primary N) is 1. The summed E-state index contributed by atoms with van der Waals surface area (Å²) in [6.45, 7) is 6.14. The van der Waals surface area contributed by atoms with Crippen molar-refractivity contribution in [3.8, 4) is 5.69 Å². The predicted octanol–water partition coefficient (Wildman–Crippen LogP) is 1.23. The highest BCUT2D eigenvalue weighted by Crippen LogP contribution is 2.30. The predicted molar refractivity (Wildman–Crippen MR) is 77.7 cm³/mol. The minimum Gasteiger partial charge on any atom is -0.339 e. The number of hydrogen-bond donors (Lipinski definition) is 1. The van der Waals surface area contributed by atoms with Gasteiger partial charge in [-0.05, 0) is 34.4 Å². The monoisotopic (exact) mass is 272 g/mol. The molecule has 20 heavy (non-hydrogen) atoms. The zero-order chi connectivity index (χ0) is 14.2. The molecule has 1 fully saturated rings. The molecule has 0 spiro atoms. The van der Waals surface area contributed by atoms with Crippen LogP contribution in [0.5, 0.6) is 0 Å². The minimum atomic E-state index is 0.0612. The Morgan fingerprint density at radius 1 is 1.25 bits per heavy atom. The van der Waals surface area contributed by atoms with Gasteiger partial charge in [-0.25, -0.2) is 0 Å².